The summed E-state index contributed by atoms with van der Waals surface area (Å²) in [5.41, 5.74) is -0.694. The van der Waals surface area contributed by atoms with Gasteiger partial charge < -0.3 is 15.4 Å². The van der Waals surface area contributed by atoms with Gasteiger partial charge in [0.2, 0.25) is 5.91 Å². The Hall–Kier alpha value is -1.01. The molecular weight excluding hydrogens is 312 g/mol. The van der Waals surface area contributed by atoms with E-state index in [0.29, 0.717) is 31.9 Å². The van der Waals surface area contributed by atoms with E-state index in [1.807, 2.05) is 47.6 Å². The van der Waals surface area contributed by atoms with Crippen LogP contribution in [0.25, 0.3) is 0 Å². The molecule has 134 valence electrons. The summed E-state index contributed by atoms with van der Waals surface area (Å²) >= 11 is 3.73. The number of ether oxygens (including phenoxy) is 1. The number of nitrogens with one attached hydrogen (secondary N) is 2. The Kier molecular flexibility index (Phi) is 9.54. The fourth-order valence-corrected chi connectivity index (χ4v) is 2.13. The van der Waals surface area contributed by atoms with Crippen LogP contribution in [0.3, 0.4) is 0 Å². The molecule has 0 spiro atoms. The maximum Gasteiger partial charge on any atom is 0.276 e. The lowest BCUT2D eigenvalue weighted by Gasteiger charge is -2.29. The molecule has 0 unspecified atom stereocenters. The lowest BCUT2D eigenvalue weighted by Crippen LogP contribution is -2.42. The molecule has 0 aromatic heterocycles. The smallest absolute Gasteiger partial charge is 0.276 e. The summed E-state index contributed by atoms with van der Waals surface area (Å²) in [6, 6.07) is 0. The number of carbonyl (C=O) groups is 2. The number of allylic oxidation sites excluding steroid dienone is 1. The van der Waals surface area contributed by atoms with Crippen molar-refractivity contribution in [2.75, 3.05) is 13.2 Å². The number of carbonyl (C=O) groups excluding carboxylic acids is 2. The van der Waals surface area contributed by atoms with Gasteiger partial charge in [0.15, 0.2) is 0 Å². The quantitative estimate of drug-likeness (QED) is 0.421. The van der Waals surface area contributed by atoms with E-state index >= 15 is 0 Å². The molecule has 0 aliphatic carbocycles. The average Bonchev–Trinajstić information content (AvgIpc) is 2.33. The predicted molar refractivity (Wildman–Crippen MR) is 97.8 cm³/mol. The molecule has 0 saturated carbocycles. The molecule has 2 amide bonds. The largest absolute Gasteiger partial charge is 0.375 e. The predicted octanol–water partition coefficient (Wildman–Crippen LogP) is 3.31. The molecule has 0 atom stereocenters. The van der Waals surface area contributed by atoms with Crippen molar-refractivity contribution in [2.24, 2.45) is 5.92 Å². The van der Waals surface area contributed by atoms with Gasteiger partial charge in [-0.05, 0) is 52.5 Å². The van der Waals surface area contributed by atoms with E-state index in [-0.39, 0.29) is 22.3 Å². The van der Waals surface area contributed by atoms with Crippen LogP contribution in [-0.2, 0) is 9.53 Å². The van der Waals surface area contributed by atoms with Gasteiger partial charge in [0.25, 0.3) is 5.24 Å². The van der Waals surface area contributed by atoms with Gasteiger partial charge in [0.1, 0.15) is 0 Å². The minimum absolute atomic E-state index is 0.0767. The van der Waals surface area contributed by atoms with Crippen LogP contribution in [0, 0.1) is 5.92 Å². The average molecular weight is 345 g/mol. The number of rotatable bonds is 10. The van der Waals surface area contributed by atoms with Crippen molar-refractivity contribution in [2.45, 2.75) is 65.5 Å². The molecule has 0 bridgehead atoms. The minimum atomic E-state index is -0.356. The molecule has 0 aromatic rings. The van der Waals surface area contributed by atoms with Crippen LogP contribution in [-0.4, -0.2) is 35.4 Å². The molecule has 0 rings (SSSR count). The summed E-state index contributed by atoms with van der Waals surface area (Å²) in [6.45, 7) is 13.0. The normalized spacial score (nSPS) is 12.7. The second-order valence-corrected chi connectivity index (χ2v) is 7.72. The molecule has 0 aromatic carbocycles. The first-order valence-electron chi connectivity index (χ1n) is 8.05. The molecule has 0 heterocycles. The standard InChI is InChI=1S/C17H32N2O3S/c1-13(2)7-8-14(20)18-11-9-17(5,6)22-12-10-16(3,4)19-15(21)23/h7-8,13H,9-12H2,1-6H3,(H,18,20)(H2,19,21,23)/b8-7+. The highest BCUT2D eigenvalue weighted by Gasteiger charge is 2.22. The first-order valence-corrected chi connectivity index (χ1v) is 8.49. The van der Waals surface area contributed by atoms with Crippen LogP contribution in [0.1, 0.15) is 54.4 Å². The Morgan fingerprint density at radius 3 is 2.30 bits per heavy atom. The van der Waals surface area contributed by atoms with E-state index in [4.69, 9.17) is 4.74 Å². The van der Waals surface area contributed by atoms with Crippen LogP contribution in [0.15, 0.2) is 12.2 Å². The Balaban J connectivity index is 4.05. The summed E-state index contributed by atoms with van der Waals surface area (Å²) in [6.07, 6.45) is 4.84. The first kappa shape index (κ1) is 22.0. The van der Waals surface area contributed by atoms with E-state index in [1.54, 1.807) is 6.08 Å². The zero-order valence-electron chi connectivity index (χ0n) is 15.2. The van der Waals surface area contributed by atoms with Gasteiger partial charge in [-0.15, -0.1) is 0 Å². The highest BCUT2D eigenvalue weighted by atomic mass is 32.1. The zero-order valence-corrected chi connectivity index (χ0v) is 16.1. The van der Waals surface area contributed by atoms with Crippen molar-refractivity contribution in [1.29, 1.82) is 0 Å². The third-order valence-corrected chi connectivity index (χ3v) is 3.44. The lowest BCUT2D eigenvalue weighted by molar-refractivity contribution is -0.116. The van der Waals surface area contributed by atoms with Gasteiger partial charge in [-0.1, -0.05) is 32.6 Å². The molecule has 0 fully saturated rings. The third-order valence-electron chi connectivity index (χ3n) is 3.32. The number of hydrogen-bond acceptors (Lipinski definition) is 3. The summed E-state index contributed by atoms with van der Waals surface area (Å²) in [5.74, 6) is 0.286. The second-order valence-electron chi connectivity index (χ2n) is 7.32. The fourth-order valence-electron chi connectivity index (χ4n) is 1.83. The number of hydrogen-bond donors (Lipinski definition) is 3. The lowest BCUT2D eigenvalue weighted by atomic mass is 10.0. The maximum atomic E-state index is 11.6. The summed E-state index contributed by atoms with van der Waals surface area (Å²) < 4.78 is 5.88. The van der Waals surface area contributed by atoms with Crippen molar-refractivity contribution in [1.82, 2.24) is 10.6 Å². The van der Waals surface area contributed by atoms with Gasteiger partial charge in [-0.3, -0.25) is 9.59 Å². The zero-order chi connectivity index (χ0) is 18.1. The molecule has 2 N–H and O–H groups in total. The molecule has 0 aliphatic heterocycles. The monoisotopic (exact) mass is 344 g/mol. The first-order chi connectivity index (χ1) is 10.4. The number of thiol groups is 1. The Labute approximate surface area is 146 Å². The van der Waals surface area contributed by atoms with Crippen molar-refractivity contribution in [3.8, 4) is 0 Å². The van der Waals surface area contributed by atoms with E-state index in [0.717, 1.165) is 0 Å². The molecule has 6 heteroatoms. The van der Waals surface area contributed by atoms with Crippen LogP contribution < -0.4 is 10.6 Å². The topological polar surface area (TPSA) is 67.4 Å². The van der Waals surface area contributed by atoms with E-state index < -0.39 is 0 Å². The summed E-state index contributed by atoms with van der Waals surface area (Å²) in [4.78, 5) is 22.6. The summed E-state index contributed by atoms with van der Waals surface area (Å²) in [7, 11) is 0. The van der Waals surface area contributed by atoms with Gasteiger partial charge in [0.05, 0.1) is 5.60 Å². The van der Waals surface area contributed by atoms with Gasteiger partial charge in [-0.2, -0.15) is 0 Å². The van der Waals surface area contributed by atoms with E-state index in [9.17, 15) is 9.59 Å². The van der Waals surface area contributed by atoms with Crippen LogP contribution in [0.5, 0.6) is 0 Å². The molecule has 0 saturated heterocycles. The SMILES string of the molecule is CC(C)/C=C/C(=O)NCCC(C)(C)OCCC(C)(C)NC(=O)S. The van der Waals surface area contributed by atoms with Crippen molar-refractivity contribution >= 4 is 23.8 Å². The fraction of sp³-hybridized carbons (Fsp3) is 0.765. The van der Waals surface area contributed by atoms with Gasteiger partial charge in [0, 0.05) is 18.7 Å². The molecular formula is C17H32N2O3S. The van der Waals surface area contributed by atoms with Crippen molar-refractivity contribution in [3.63, 3.8) is 0 Å². The second kappa shape index (κ2) is 9.98. The maximum absolute atomic E-state index is 11.6. The van der Waals surface area contributed by atoms with Gasteiger partial charge >= 0.3 is 0 Å². The van der Waals surface area contributed by atoms with E-state index in [1.165, 1.54) is 0 Å². The Morgan fingerprint density at radius 1 is 1.17 bits per heavy atom. The molecule has 23 heavy (non-hydrogen) atoms. The van der Waals surface area contributed by atoms with Gasteiger partial charge in [-0.25, -0.2) is 0 Å². The van der Waals surface area contributed by atoms with Crippen LogP contribution in [0.2, 0.25) is 0 Å². The highest BCUT2D eigenvalue weighted by molar-refractivity contribution is 7.96. The molecule has 0 radical (unpaired) electrons. The van der Waals surface area contributed by atoms with Crippen molar-refractivity contribution < 1.29 is 14.3 Å². The summed E-state index contributed by atoms with van der Waals surface area (Å²) in [5, 5.41) is 5.28. The minimum Gasteiger partial charge on any atom is -0.375 e. The Morgan fingerprint density at radius 2 is 1.78 bits per heavy atom. The highest BCUT2D eigenvalue weighted by Crippen LogP contribution is 2.17. The van der Waals surface area contributed by atoms with Crippen LogP contribution in [0.4, 0.5) is 4.79 Å². The number of amides is 2. The van der Waals surface area contributed by atoms with Crippen LogP contribution >= 0.6 is 12.6 Å². The molecule has 0 aliphatic rings. The third kappa shape index (κ3) is 13.2. The molecule has 5 nitrogen and oxygen atoms in total. The van der Waals surface area contributed by atoms with E-state index in [2.05, 4.69) is 23.3 Å². The van der Waals surface area contributed by atoms with Crippen molar-refractivity contribution in [3.05, 3.63) is 12.2 Å². The Bertz CT molecular complexity index is 418.